The quantitative estimate of drug-likeness (QED) is 0.433. The van der Waals surface area contributed by atoms with Crippen molar-refractivity contribution in [1.29, 1.82) is 0 Å². The first-order valence-corrected chi connectivity index (χ1v) is 13.5. The number of H-pyrrole nitrogens is 1. The molecule has 2 saturated heterocycles. The van der Waals surface area contributed by atoms with Gasteiger partial charge in [-0.3, -0.25) is 4.68 Å². The first kappa shape index (κ1) is 24.1. The molecule has 4 aromatic heterocycles. The van der Waals surface area contributed by atoms with Gasteiger partial charge in [0, 0.05) is 61.5 Å². The lowest BCUT2D eigenvalue weighted by Gasteiger charge is -2.36. The number of hydrogen-bond donors (Lipinski definition) is 1. The van der Waals surface area contributed by atoms with Crippen LogP contribution in [0.3, 0.4) is 0 Å². The number of rotatable bonds is 5. The zero-order valence-corrected chi connectivity index (χ0v) is 22.2. The van der Waals surface area contributed by atoms with Crippen molar-refractivity contribution in [2.45, 2.75) is 58.8 Å². The smallest absolute Gasteiger partial charge is 0.156 e. The topological polar surface area (TPSA) is 88.0 Å². The number of hydrogen-bond acceptors (Lipinski definition) is 7. The fourth-order valence-electron chi connectivity index (χ4n) is 5.82. The highest BCUT2D eigenvalue weighted by molar-refractivity contribution is 5.91. The summed E-state index contributed by atoms with van der Waals surface area (Å²) in [6.45, 7) is 13.7. The minimum Gasteiger partial charge on any atom is -0.372 e. The number of nitrogens with zero attached hydrogens (tertiary/aromatic N) is 7. The number of anilines is 1. The zero-order valence-electron chi connectivity index (χ0n) is 22.2. The summed E-state index contributed by atoms with van der Waals surface area (Å²) in [5, 5.41) is 4.72. The third-order valence-corrected chi connectivity index (χ3v) is 7.74. The van der Waals surface area contributed by atoms with Gasteiger partial charge in [0.1, 0.15) is 11.3 Å². The number of ether oxygens (including phenoxy) is 1. The number of morpholine rings is 1. The number of fused-ring (bicyclic) bond motifs is 1. The predicted octanol–water partition coefficient (Wildman–Crippen LogP) is 4.46. The second-order valence-corrected chi connectivity index (χ2v) is 10.6. The molecule has 37 heavy (non-hydrogen) atoms. The minimum absolute atomic E-state index is 0.193. The number of aromatic amines is 1. The van der Waals surface area contributed by atoms with E-state index in [9.17, 15) is 0 Å². The van der Waals surface area contributed by atoms with E-state index in [2.05, 4.69) is 64.4 Å². The Kier molecular flexibility index (Phi) is 6.42. The van der Waals surface area contributed by atoms with E-state index in [0.29, 0.717) is 6.04 Å². The maximum absolute atomic E-state index is 5.90. The van der Waals surface area contributed by atoms with Crippen molar-refractivity contribution in [2.75, 3.05) is 37.6 Å². The van der Waals surface area contributed by atoms with E-state index in [4.69, 9.17) is 19.8 Å². The Morgan fingerprint density at radius 1 is 1.03 bits per heavy atom. The maximum Gasteiger partial charge on any atom is 0.156 e. The molecular formula is C28H36N8O. The van der Waals surface area contributed by atoms with Crippen LogP contribution in [0.4, 0.5) is 5.82 Å². The largest absolute Gasteiger partial charge is 0.372 e. The average molecular weight is 501 g/mol. The van der Waals surface area contributed by atoms with Crippen molar-refractivity contribution >= 4 is 17.0 Å². The number of aromatic nitrogens is 6. The number of likely N-dealkylation sites (tertiary alicyclic amines) is 1. The van der Waals surface area contributed by atoms with Crippen molar-refractivity contribution < 1.29 is 4.74 Å². The molecule has 0 unspecified atom stereocenters. The first-order chi connectivity index (χ1) is 18.0. The van der Waals surface area contributed by atoms with Gasteiger partial charge in [-0.25, -0.2) is 15.0 Å². The average Bonchev–Trinajstić information content (AvgIpc) is 3.55. The summed E-state index contributed by atoms with van der Waals surface area (Å²) in [4.78, 5) is 22.6. The van der Waals surface area contributed by atoms with Crippen LogP contribution in [-0.4, -0.2) is 79.5 Å². The third kappa shape index (κ3) is 4.73. The van der Waals surface area contributed by atoms with Gasteiger partial charge in [-0.2, -0.15) is 5.10 Å². The maximum atomic E-state index is 5.90. The van der Waals surface area contributed by atoms with Crippen molar-refractivity contribution in [3.8, 4) is 22.4 Å². The van der Waals surface area contributed by atoms with Gasteiger partial charge >= 0.3 is 0 Å². The summed E-state index contributed by atoms with van der Waals surface area (Å²) in [7, 11) is 0. The van der Waals surface area contributed by atoms with Gasteiger partial charge in [0.2, 0.25) is 0 Å². The Morgan fingerprint density at radius 2 is 1.81 bits per heavy atom. The van der Waals surface area contributed by atoms with Crippen LogP contribution in [0.5, 0.6) is 0 Å². The molecule has 0 aromatic carbocycles. The van der Waals surface area contributed by atoms with Gasteiger partial charge in [-0.1, -0.05) is 6.92 Å². The van der Waals surface area contributed by atoms with E-state index < -0.39 is 0 Å². The highest BCUT2D eigenvalue weighted by Gasteiger charge is 2.25. The molecule has 0 amide bonds. The van der Waals surface area contributed by atoms with E-state index in [1.165, 1.54) is 0 Å². The summed E-state index contributed by atoms with van der Waals surface area (Å²) in [5.41, 5.74) is 6.64. The lowest BCUT2D eigenvalue weighted by atomic mass is 10.1. The highest BCUT2D eigenvalue weighted by atomic mass is 16.5. The summed E-state index contributed by atoms with van der Waals surface area (Å²) in [6, 6.07) is 2.61. The molecule has 9 heteroatoms. The summed E-state index contributed by atoms with van der Waals surface area (Å²) < 4.78 is 8.03. The molecule has 6 rings (SSSR count). The Balaban J connectivity index is 1.26. The van der Waals surface area contributed by atoms with Crippen LogP contribution >= 0.6 is 0 Å². The second-order valence-electron chi connectivity index (χ2n) is 10.6. The normalized spacial score (nSPS) is 21.7. The predicted molar refractivity (Wildman–Crippen MR) is 146 cm³/mol. The molecule has 9 nitrogen and oxygen atoms in total. The van der Waals surface area contributed by atoms with Gasteiger partial charge in [0.15, 0.2) is 5.65 Å². The molecule has 194 valence electrons. The Bertz CT molecular complexity index is 1380. The van der Waals surface area contributed by atoms with Crippen molar-refractivity contribution in [2.24, 2.45) is 0 Å². The molecule has 0 aliphatic carbocycles. The first-order valence-electron chi connectivity index (χ1n) is 13.5. The Hall–Kier alpha value is -3.30. The number of piperidine rings is 1. The number of pyridine rings is 1. The van der Waals surface area contributed by atoms with E-state index in [0.717, 1.165) is 90.5 Å². The van der Waals surface area contributed by atoms with E-state index in [1.807, 2.05) is 24.8 Å². The molecule has 2 atom stereocenters. The lowest BCUT2D eigenvalue weighted by Crippen LogP contribution is -2.46. The van der Waals surface area contributed by atoms with Crippen LogP contribution in [0.25, 0.3) is 33.5 Å². The van der Waals surface area contributed by atoms with Gasteiger partial charge < -0.3 is 19.5 Å². The molecular weight excluding hydrogens is 464 g/mol. The zero-order chi connectivity index (χ0) is 25.5. The minimum atomic E-state index is 0.193. The molecule has 6 heterocycles. The lowest BCUT2D eigenvalue weighted by molar-refractivity contribution is -0.00548. The fourth-order valence-corrected chi connectivity index (χ4v) is 5.82. The molecule has 0 bridgehead atoms. The van der Waals surface area contributed by atoms with E-state index >= 15 is 0 Å². The van der Waals surface area contributed by atoms with Crippen LogP contribution in [-0.2, 0) is 4.74 Å². The summed E-state index contributed by atoms with van der Waals surface area (Å²) in [5.74, 6) is 1.01. The van der Waals surface area contributed by atoms with Crippen molar-refractivity contribution in [3.63, 3.8) is 0 Å². The second kappa shape index (κ2) is 9.87. The van der Waals surface area contributed by atoms with Gasteiger partial charge in [-0.05, 0) is 51.8 Å². The van der Waals surface area contributed by atoms with Gasteiger partial charge in [-0.15, -0.1) is 0 Å². The van der Waals surface area contributed by atoms with Crippen molar-refractivity contribution in [1.82, 2.24) is 34.6 Å². The fraction of sp³-hybridized carbons (Fsp3) is 0.500. The van der Waals surface area contributed by atoms with Crippen LogP contribution < -0.4 is 4.90 Å². The molecule has 1 N–H and O–H groups in total. The summed E-state index contributed by atoms with van der Waals surface area (Å²) in [6.07, 6.45) is 12.5. The number of nitrogens with one attached hydrogen (secondary N) is 1. The van der Waals surface area contributed by atoms with Crippen LogP contribution in [0.15, 0.2) is 37.1 Å². The van der Waals surface area contributed by atoms with E-state index in [1.54, 1.807) is 0 Å². The van der Waals surface area contributed by atoms with Crippen LogP contribution in [0.1, 0.15) is 45.2 Å². The molecule has 0 saturated carbocycles. The van der Waals surface area contributed by atoms with Crippen LogP contribution in [0, 0.1) is 6.92 Å². The number of aryl methyl sites for hydroxylation is 1. The summed E-state index contributed by atoms with van der Waals surface area (Å²) >= 11 is 0. The molecule has 2 aliphatic rings. The highest BCUT2D eigenvalue weighted by Crippen LogP contribution is 2.31. The molecule has 0 radical (unpaired) electrons. The Morgan fingerprint density at radius 3 is 2.54 bits per heavy atom. The van der Waals surface area contributed by atoms with Gasteiger partial charge in [0.05, 0.1) is 36.3 Å². The van der Waals surface area contributed by atoms with Crippen LogP contribution in [0.2, 0.25) is 0 Å². The standard InChI is InChI=1S/C28H36N8O/c1-5-34-8-6-23(7-9-34)36-17-22(12-32-36)24-13-29-27-26(24)33-25(14-30-27)21-10-18(2)28(31-11-21)35-15-19(3)37-20(4)16-35/h10-14,17,19-20,23H,5-9,15-16H2,1-4H3,(H,29,30)/t19-,20+. The SMILES string of the molecule is CCN1CCC(n2cc(-c3c[nH]c4ncc(-c5cnc(N6C[C@@H](C)O[C@@H](C)C6)c(C)c5)nc34)cn2)CC1. The molecule has 0 spiro atoms. The van der Waals surface area contributed by atoms with Gasteiger partial charge in [0.25, 0.3) is 0 Å². The van der Waals surface area contributed by atoms with E-state index in [-0.39, 0.29) is 12.2 Å². The van der Waals surface area contributed by atoms with Crippen molar-refractivity contribution in [3.05, 3.63) is 42.6 Å². The Labute approximate surface area is 217 Å². The third-order valence-electron chi connectivity index (χ3n) is 7.74. The monoisotopic (exact) mass is 500 g/mol. The molecule has 4 aromatic rings. The molecule has 2 aliphatic heterocycles. The molecule has 2 fully saturated rings.